The normalized spacial score (nSPS) is 22.2. The van der Waals surface area contributed by atoms with Gasteiger partial charge >= 0.3 is 0 Å². The van der Waals surface area contributed by atoms with Crippen LogP contribution in [0.5, 0.6) is 0 Å². The van der Waals surface area contributed by atoms with Gasteiger partial charge in [-0.15, -0.1) is 0 Å². The maximum absolute atomic E-state index is 11.8. The van der Waals surface area contributed by atoms with E-state index in [-0.39, 0.29) is 11.8 Å². The molecule has 0 radical (unpaired) electrons. The van der Waals surface area contributed by atoms with E-state index in [0.29, 0.717) is 5.92 Å². The van der Waals surface area contributed by atoms with E-state index in [2.05, 4.69) is 40.0 Å². The molecule has 0 spiro atoms. The molecule has 92 valence electrons. The highest BCUT2D eigenvalue weighted by Crippen LogP contribution is 2.47. The Morgan fingerprint density at radius 3 is 2.76 bits per heavy atom. The molecule has 2 rings (SSSR count). The molecule has 0 aliphatic heterocycles. The molecule has 2 unspecified atom stereocenters. The number of rotatable bonds is 6. The monoisotopic (exact) mass is 343 g/mol. The van der Waals surface area contributed by atoms with Crippen LogP contribution in [0.15, 0.2) is 30.3 Å². The van der Waals surface area contributed by atoms with Crippen molar-refractivity contribution in [2.24, 2.45) is 5.92 Å². The molecule has 0 bridgehead atoms. The van der Waals surface area contributed by atoms with E-state index < -0.39 is 0 Å². The fraction of sp³-hybridized carbons (Fsp3) is 0.500. The van der Waals surface area contributed by atoms with Gasteiger partial charge in [0.25, 0.3) is 0 Å². The maximum atomic E-state index is 11.8. The highest BCUT2D eigenvalue weighted by molar-refractivity contribution is 14.1. The minimum Gasteiger partial charge on any atom is -0.356 e. The van der Waals surface area contributed by atoms with E-state index in [4.69, 9.17) is 0 Å². The van der Waals surface area contributed by atoms with E-state index in [1.807, 2.05) is 18.2 Å². The molecule has 0 saturated heterocycles. The lowest BCUT2D eigenvalue weighted by atomic mass is 10.1. The standard InChI is InChI=1S/C14H18INO/c15-8-4-5-9-16-14(17)13-10-12(13)11-6-2-1-3-7-11/h1-3,6-7,12-13H,4-5,8-10H2,(H,16,17). The molecule has 0 aromatic heterocycles. The van der Waals surface area contributed by atoms with Gasteiger partial charge in [0.2, 0.25) is 5.91 Å². The summed E-state index contributed by atoms with van der Waals surface area (Å²) in [6.07, 6.45) is 3.30. The molecule has 3 heteroatoms. The van der Waals surface area contributed by atoms with Gasteiger partial charge in [-0.3, -0.25) is 4.79 Å². The van der Waals surface area contributed by atoms with Gasteiger partial charge in [0.1, 0.15) is 0 Å². The van der Waals surface area contributed by atoms with Crippen LogP contribution >= 0.6 is 22.6 Å². The second kappa shape index (κ2) is 6.38. The van der Waals surface area contributed by atoms with Gasteiger partial charge in [-0.25, -0.2) is 0 Å². The summed E-state index contributed by atoms with van der Waals surface area (Å²) in [5, 5.41) is 3.04. The number of carbonyl (C=O) groups is 1. The Hall–Kier alpha value is -0.580. The van der Waals surface area contributed by atoms with Crippen LogP contribution in [0.4, 0.5) is 0 Å². The van der Waals surface area contributed by atoms with Crippen molar-refractivity contribution in [1.29, 1.82) is 0 Å². The zero-order chi connectivity index (χ0) is 12.1. The summed E-state index contributed by atoms with van der Waals surface area (Å²) in [5.74, 6) is 0.921. The lowest BCUT2D eigenvalue weighted by Gasteiger charge is -2.04. The number of amides is 1. The van der Waals surface area contributed by atoms with Crippen LogP contribution in [0.25, 0.3) is 0 Å². The molecule has 17 heavy (non-hydrogen) atoms. The first-order valence-electron chi connectivity index (χ1n) is 6.21. The fourth-order valence-corrected chi connectivity index (χ4v) is 2.65. The third-order valence-corrected chi connectivity index (χ3v) is 3.98. The smallest absolute Gasteiger partial charge is 0.223 e. The van der Waals surface area contributed by atoms with Crippen molar-refractivity contribution < 1.29 is 4.79 Å². The first kappa shape index (κ1) is 12.9. The van der Waals surface area contributed by atoms with Crippen LogP contribution in [-0.4, -0.2) is 16.9 Å². The Morgan fingerprint density at radius 2 is 2.06 bits per heavy atom. The summed E-state index contributed by atoms with van der Waals surface area (Å²) in [6, 6.07) is 10.3. The van der Waals surface area contributed by atoms with Crippen LogP contribution in [0.3, 0.4) is 0 Å². The molecular formula is C14H18INO. The number of unbranched alkanes of at least 4 members (excludes halogenated alkanes) is 1. The van der Waals surface area contributed by atoms with Gasteiger partial charge in [0.15, 0.2) is 0 Å². The molecule has 2 nitrogen and oxygen atoms in total. The number of halogens is 1. The second-order valence-corrected chi connectivity index (χ2v) is 5.63. The Bertz CT molecular complexity index is 366. The van der Waals surface area contributed by atoms with Crippen LogP contribution in [0, 0.1) is 5.92 Å². The summed E-state index contributed by atoms with van der Waals surface area (Å²) < 4.78 is 1.17. The van der Waals surface area contributed by atoms with Crippen molar-refractivity contribution in [1.82, 2.24) is 5.32 Å². The number of hydrogen-bond donors (Lipinski definition) is 1. The quantitative estimate of drug-likeness (QED) is 0.480. The van der Waals surface area contributed by atoms with Gasteiger partial charge in [0, 0.05) is 12.5 Å². The summed E-state index contributed by atoms with van der Waals surface area (Å²) in [6.45, 7) is 0.833. The fourth-order valence-electron chi connectivity index (χ4n) is 2.12. The van der Waals surface area contributed by atoms with Crippen molar-refractivity contribution >= 4 is 28.5 Å². The molecule has 1 fully saturated rings. The van der Waals surface area contributed by atoms with Crippen molar-refractivity contribution in [3.63, 3.8) is 0 Å². The molecule has 1 saturated carbocycles. The Kier molecular flexibility index (Phi) is 4.83. The van der Waals surface area contributed by atoms with Crippen molar-refractivity contribution in [3.8, 4) is 0 Å². The summed E-state index contributed by atoms with van der Waals surface area (Å²) in [5.41, 5.74) is 1.31. The molecule has 1 aromatic rings. The van der Waals surface area contributed by atoms with Gasteiger partial charge in [-0.1, -0.05) is 52.9 Å². The van der Waals surface area contributed by atoms with Crippen molar-refractivity contribution in [3.05, 3.63) is 35.9 Å². The molecule has 0 heterocycles. The summed E-state index contributed by atoms with van der Waals surface area (Å²) >= 11 is 2.37. The van der Waals surface area contributed by atoms with E-state index >= 15 is 0 Å². The molecule has 1 aromatic carbocycles. The SMILES string of the molecule is O=C(NCCCCI)C1CC1c1ccccc1. The van der Waals surface area contributed by atoms with Gasteiger partial charge < -0.3 is 5.32 Å². The molecular weight excluding hydrogens is 325 g/mol. The van der Waals surface area contributed by atoms with E-state index in [0.717, 1.165) is 19.4 Å². The number of hydrogen-bond acceptors (Lipinski definition) is 1. The Morgan fingerprint density at radius 1 is 1.29 bits per heavy atom. The predicted molar refractivity (Wildman–Crippen MR) is 78.4 cm³/mol. The van der Waals surface area contributed by atoms with Crippen LogP contribution < -0.4 is 5.32 Å². The zero-order valence-electron chi connectivity index (χ0n) is 9.86. The van der Waals surface area contributed by atoms with Gasteiger partial charge in [-0.05, 0) is 35.2 Å². The molecule has 2 atom stereocenters. The first-order valence-corrected chi connectivity index (χ1v) is 7.74. The summed E-state index contributed by atoms with van der Waals surface area (Å²) in [7, 11) is 0. The topological polar surface area (TPSA) is 29.1 Å². The van der Waals surface area contributed by atoms with E-state index in [1.54, 1.807) is 0 Å². The first-order chi connectivity index (χ1) is 8.33. The van der Waals surface area contributed by atoms with Crippen LogP contribution in [0.1, 0.15) is 30.7 Å². The molecule has 1 N–H and O–H groups in total. The molecule has 1 aliphatic rings. The van der Waals surface area contributed by atoms with Crippen LogP contribution in [-0.2, 0) is 4.79 Å². The highest BCUT2D eigenvalue weighted by atomic mass is 127. The van der Waals surface area contributed by atoms with Gasteiger partial charge in [0.05, 0.1) is 0 Å². The highest BCUT2D eigenvalue weighted by Gasteiger charge is 2.43. The Labute approximate surface area is 116 Å². The van der Waals surface area contributed by atoms with Crippen molar-refractivity contribution in [2.45, 2.75) is 25.2 Å². The number of nitrogens with one attached hydrogen (secondary N) is 1. The lowest BCUT2D eigenvalue weighted by Crippen LogP contribution is -2.26. The van der Waals surface area contributed by atoms with Crippen molar-refractivity contribution in [2.75, 3.05) is 11.0 Å². The second-order valence-electron chi connectivity index (χ2n) is 4.55. The number of benzene rings is 1. The molecule has 1 aliphatic carbocycles. The zero-order valence-corrected chi connectivity index (χ0v) is 12.0. The minimum atomic E-state index is 0.219. The molecule has 1 amide bonds. The number of alkyl halides is 1. The Balaban J connectivity index is 1.73. The predicted octanol–water partition coefficient (Wildman–Crippen LogP) is 3.12. The van der Waals surface area contributed by atoms with E-state index in [1.165, 1.54) is 16.4 Å². The van der Waals surface area contributed by atoms with E-state index in [9.17, 15) is 4.79 Å². The van der Waals surface area contributed by atoms with Gasteiger partial charge in [-0.2, -0.15) is 0 Å². The summed E-state index contributed by atoms with van der Waals surface area (Å²) in [4.78, 5) is 11.8. The number of carbonyl (C=O) groups excluding carboxylic acids is 1. The third-order valence-electron chi connectivity index (χ3n) is 3.21. The average Bonchev–Trinajstić information content (AvgIpc) is 3.16. The lowest BCUT2D eigenvalue weighted by molar-refractivity contribution is -0.122. The van der Waals surface area contributed by atoms with Crippen LogP contribution in [0.2, 0.25) is 0 Å². The third kappa shape index (κ3) is 3.69. The average molecular weight is 343 g/mol. The maximum Gasteiger partial charge on any atom is 0.223 e. The largest absolute Gasteiger partial charge is 0.356 e. The minimum absolute atomic E-state index is 0.219.